The highest BCUT2D eigenvalue weighted by Gasteiger charge is 2.22. The summed E-state index contributed by atoms with van der Waals surface area (Å²) in [6.45, 7) is 6.59. The van der Waals surface area contributed by atoms with Crippen molar-refractivity contribution in [3.05, 3.63) is 41.9 Å². The fourth-order valence-corrected chi connectivity index (χ4v) is 3.62. The van der Waals surface area contributed by atoms with Crippen molar-refractivity contribution in [3.63, 3.8) is 0 Å². The maximum Gasteiger partial charge on any atom is 0.220 e. The van der Waals surface area contributed by atoms with Crippen LogP contribution in [0.5, 0.6) is 0 Å². The number of nitrogens with one attached hydrogen (secondary N) is 1. The average molecular weight is 354 g/mol. The standard InChI is InChI=1S/C22H30N2O2/c1-15(2)17-8-10-18(11-9-17)20-14-23-22(26-20)13-12-21(25)24-19-7-5-4-6-16(19)3/h8-11,14-16,19H,4-7,12-13H2,1-3H3,(H,24,25). The summed E-state index contributed by atoms with van der Waals surface area (Å²) >= 11 is 0. The number of hydrogen-bond acceptors (Lipinski definition) is 3. The lowest BCUT2D eigenvalue weighted by atomic mass is 9.86. The molecule has 4 heteroatoms. The maximum atomic E-state index is 12.2. The van der Waals surface area contributed by atoms with Crippen molar-refractivity contribution in [2.45, 2.75) is 71.3 Å². The molecule has 0 saturated heterocycles. The van der Waals surface area contributed by atoms with Gasteiger partial charge in [-0.05, 0) is 30.2 Å². The van der Waals surface area contributed by atoms with Crippen LogP contribution in [0.2, 0.25) is 0 Å². The lowest BCUT2D eigenvalue weighted by Crippen LogP contribution is -2.41. The first-order chi connectivity index (χ1) is 12.5. The molecule has 3 rings (SSSR count). The van der Waals surface area contributed by atoms with Crippen LogP contribution in [0.25, 0.3) is 11.3 Å². The molecule has 2 unspecified atom stereocenters. The van der Waals surface area contributed by atoms with Crippen molar-refractivity contribution in [1.29, 1.82) is 0 Å². The van der Waals surface area contributed by atoms with Gasteiger partial charge in [-0.3, -0.25) is 4.79 Å². The van der Waals surface area contributed by atoms with E-state index in [4.69, 9.17) is 4.42 Å². The molecule has 1 amide bonds. The molecule has 140 valence electrons. The number of hydrogen-bond donors (Lipinski definition) is 1. The van der Waals surface area contributed by atoms with Crippen molar-refractivity contribution in [2.75, 3.05) is 0 Å². The summed E-state index contributed by atoms with van der Waals surface area (Å²) in [4.78, 5) is 16.6. The third-order valence-corrected chi connectivity index (χ3v) is 5.44. The van der Waals surface area contributed by atoms with Crippen LogP contribution in [0, 0.1) is 5.92 Å². The predicted molar refractivity (Wildman–Crippen MR) is 104 cm³/mol. The Balaban J connectivity index is 1.52. The van der Waals surface area contributed by atoms with Crippen molar-refractivity contribution in [2.24, 2.45) is 5.92 Å². The number of carbonyl (C=O) groups is 1. The van der Waals surface area contributed by atoms with Crippen molar-refractivity contribution in [3.8, 4) is 11.3 Å². The third kappa shape index (κ3) is 4.75. The Hall–Kier alpha value is -2.10. The SMILES string of the molecule is CC(C)c1ccc(-c2cnc(CCC(=O)NC3CCCCC3C)o2)cc1. The zero-order valence-electron chi connectivity index (χ0n) is 16.1. The molecule has 0 spiro atoms. The number of amides is 1. The summed E-state index contributed by atoms with van der Waals surface area (Å²) in [5.41, 5.74) is 2.33. The lowest BCUT2D eigenvalue weighted by Gasteiger charge is -2.29. The van der Waals surface area contributed by atoms with Gasteiger partial charge in [-0.2, -0.15) is 0 Å². The number of oxazole rings is 1. The maximum absolute atomic E-state index is 12.2. The van der Waals surface area contributed by atoms with Gasteiger partial charge in [0.25, 0.3) is 0 Å². The number of aromatic nitrogens is 1. The van der Waals surface area contributed by atoms with Crippen molar-refractivity contribution >= 4 is 5.91 Å². The highest BCUT2D eigenvalue weighted by Crippen LogP contribution is 2.25. The van der Waals surface area contributed by atoms with E-state index in [9.17, 15) is 4.79 Å². The van der Waals surface area contributed by atoms with E-state index >= 15 is 0 Å². The second-order valence-corrected chi connectivity index (χ2v) is 7.83. The number of nitrogens with zero attached hydrogens (tertiary/aromatic N) is 1. The summed E-state index contributed by atoms with van der Waals surface area (Å²) in [6.07, 6.45) is 7.53. The van der Waals surface area contributed by atoms with Crippen LogP contribution in [0.3, 0.4) is 0 Å². The Labute approximate surface area is 156 Å². The molecule has 1 aliphatic carbocycles. The highest BCUT2D eigenvalue weighted by atomic mass is 16.4. The predicted octanol–water partition coefficient (Wildman–Crippen LogP) is 5.09. The van der Waals surface area contributed by atoms with Crippen LogP contribution in [-0.4, -0.2) is 16.9 Å². The summed E-state index contributed by atoms with van der Waals surface area (Å²) in [7, 11) is 0. The Morgan fingerprint density at radius 2 is 1.96 bits per heavy atom. The first kappa shape index (κ1) is 18.7. The minimum atomic E-state index is 0.102. The second-order valence-electron chi connectivity index (χ2n) is 7.83. The molecule has 1 heterocycles. The quantitative estimate of drug-likeness (QED) is 0.786. The molecule has 1 aliphatic rings. The zero-order valence-corrected chi connectivity index (χ0v) is 16.1. The molecule has 1 aromatic heterocycles. The zero-order chi connectivity index (χ0) is 18.5. The Kier molecular flexibility index (Phi) is 6.12. The molecule has 1 aromatic carbocycles. The molecule has 2 aromatic rings. The molecular weight excluding hydrogens is 324 g/mol. The smallest absolute Gasteiger partial charge is 0.220 e. The highest BCUT2D eigenvalue weighted by molar-refractivity contribution is 5.76. The van der Waals surface area contributed by atoms with Crippen molar-refractivity contribution < 1.29 is 9.21 Å². The number of rotatable bonds is 6. The van der Waals surface area contributed by atoms with Crippen LogP contribution in [0.15, 0.2) is 34.9 Å². The molecule has 26 heavy (non-hydrogen) atoms. The van der Waals surface area contributed by atoms with Gasteiger partial charge in [0, 0.05) is 24.4 Å². The number of aryl methyl sites for hydroxylation is 1. The number of benzene rings is 1. The topological polar surface area (TPSA) is 55.1 Å². The van der Waals surface area contributed by atoms with E-state index in [0.29, 0.717) is 36.6 Å². The van der Waals surface area contributed by atoms with E-state index in [1.54, 1.807) is 6.20 Å². The van der Waals surface area contributed by atoms with Gasteiger partial charge in [-0.25, -0.2) is 4.98 Å². The van der Waals surface area contributed by atoms with Crippen molar-refractivity contribution in [1.82, 2.24) is 10.3 Å². The van der Waals surface area contributed by atoms with Gasteiger partial charge in [-0.15, -0.1) is 0 Å². The molecule has 1 fully saturated rings. The minimum absolute atomic E-state index is 0.102. The summed E-state index contributed by atoms with van der Waals surface area (Å²) in [6, 6.07) is 8.71. The Morgan fingerprint density at radius 1 is 1.23 bits per heavy atom. The van der Waals surface area contributed by atoms with Crippen LogP contribution in [-0.2, 0) is 11.2 Å². The van der Waals surface area contributed by atoms with E-state index < -0.39 is 0 Å². The molecule has 0 aliphatic heterocycles. The van der Waals surface area contributed by atoms with Gasteiger partial charge >= 0.3 is 0 Å². The molecule has 1 saturated carbocycles. The summed E-state index contributed by atoms with van der Waals surface area (Å²) in [5, 5.41) is 3.19. The van der Waals surface area contributed by atoms with E-state index in [0.717, 1.165) is 17.7 Å². The molecule has 2 atom stereocenters. The summed E-state index contributed by atoms with van der Waals surface area (Å²) in [5.74, 6) is 2.58. The van der Waals surface area contributed by atoms with E-state index in [1.807, 2.05) is 0 Å². The third-order valence-electron chi connectivity index (χ3n) is 5.44. The van der Waals surface area contributed by atoms with Gasteiger partial charge in [0.05, 0.1) is 6.20 Å². The normalized spacial score (nSPS) is 20.3. The molecule has 0 radical (unpaired) electrons. The molecular formula is C22H30N2O2. The second kappa shape index (κ2) is 8.52. The first-order valence-electron chi connectivity index (χ1n) is 9.87. The molecule has 0 bridgehead atoms. The first-order valence-corrected chi connectivity index (χ1v) is 9.87. The summed E-state index contributed by atoms with van der Waals surface area (Å²) < 4.78 is 5.84. The monoisotopic (exact) mass is 354 g/mol. The van der Waals surface area contributed by atoms with Crippen LogP contribution in [0.4, 0.5) is 0 Å². The largest absolute Gasteiger partial charge is 0.441 e. The van der Waals surface area contributed by atoms with Crippen LogP contribution < -0.4 is 5.32 Å². The van der Waals surface area contributed by atoms with Gasteiger partial charge in [0.15, 0.2) is 11.7 Å². The van der Waals surface area contributed by atoms with Gasteiger partial charge in [-0.1, -0.05) is 57.9 Å². The van der Waals surface area contributed by atoms with E-state index in [1.165, 1.54) is 24.8 Å². The lowest BCUT2D eigenvalue weighted by molar-refractivity contribution is -0.122. The molecule has 1 N–H and O–H groups in total. The van der Waals surface area contributed by atoms with Crippen LogP contribution in [0.1, 0.15) is 70.2 Å². The average Bonchev–Trinajstić information content (AvgIpc) is 3.11. The van der Waals surface area contributed by atoms with Crippen LogP contribution >= 0.6 is 0 Å². The number of carbonyl (C=O) groups excluding carboxylic acids is 1. The van der Waals surface area contributed by atoms with Gasteiger partial charge < -0.3 is 9.73 Å². The van der Waals surface area contributed by atoms with Gasteiger partial charge in [0.2, 0.25) is 5.91 Å². The minimum Gasteiger partial charge on any atom is -0.441 e. The van der Waals surface area contributed by atoms with Gasteiger partial charge in [0.1, 0.15) is 0 Å². The van der Waals surface area contributed by atoms with E-state index in [2.05, 4.69) is 55.3 Å². The fourth-order valence-electron chi connectivity index (χ4n) is 3.62. The van der Waals surface area contributed by atoms with E-state index in [-0.39, 0.29) is 5.91 Å². The molecule has 4 nitrogen and oxygen atoms in total. The Bertz CT molecular complexity index is 718. The fraction of sp³-hybridized carbons (Fsp3) is 0.545. The Morgan fingerprint density at radius 3 is 2.65 bits per heavy atom.